The number of carbonyl (C=O) groups is 2. The second-order valence-corrected chi connectivity index (χ2v) is 3.37. The van der Waals surface area contributed by atoms with Crippen molar-refractivity contribution >= 4 is 11.9 Å². The van der Waals surface area contributed by atoms with E-state index in [2.05, 4.69) is 0 Å². The van der Waals surface area contributed by atoms with Crippen LogP contribution in [0.3, 0.4) is 0 Å². The zero-order valence-corrected chi connectivity index (χ0v) is 10.5. The molecule has 0 rings (SSSR count). The third kappa shape index (κ3) is 8.65. The van der Waals surface area contributed by atoms with Crippen LogP contribution >= 0.6 is 0 Å². The van der Waals surface area contributed by atoms with Crippen molar-refractivity contribution in [1.82, 2.24) is 4.90 Å². The van der Waals surface area contributed by atoms with Crippen LogP contribution < -0.4 is 0 Å². The second kappa shape index (κ2) is 10.0. The lowest BCUT2D eigenvalue weighted by molar-refractivity contribution is -0.140. The first-order chi connectivity index (χ1) is 8.11. The van der Waals surface area contributed by atoms with Crippen LogP contribution in [-0.4, -0.2) is 61.4 Å². The maximum absolute atomic E-state index is 11.6. The molecule has 0 heterocycles. The average molecular weight is 247 g/mol. The maximum Gasteiger partial charge on any atom is 0.305 e. The molecule has 6 nitrogen and oxygen atoms in total. The van der Waals surface area contributed by atoms with Crippen LogP contribution in [0.1, 0.15) is 20.3 Å². The summed E-state index contributed by atoms with van der Waals surface area (Å²) in [6, 6.07) is 0. The lowest BCUT2D eigenvalue weighted by atomic mass is 10.3. The van der Waals surface area contributed by atoms with E-state index in [1.807, 2.05) is 6.92 Å². The Bertz CT molecular complexity index is 232. The van der Waals surface area contributed by atoms with Gasteiger partial charge in [0.05, 0.1) is 19.6 Å². The summed E-state index contributed by atoms with van der Waals surface area (Å²) in [5.41, 5.74) is 0. The first-order valence-corrected chi connectivity index (χ1v) is 5.76. The second-order valence-electron chi connectivity index (χ2n) is 3.37. The van der Waals surface area contributed by atoms with Gasteiger partial charge in [-0.15, -0.1) is 0 Å². The Balaban J connectivity index is 3.72. The van der Waals surface area contributed by atoms with Crippen LogP contribution in [0.15, 0.2) is 0 Å². The number of ether oxygens (including phenoxy) is 2. The highest BCUT2D eigenvalue weighted by atomic mass is 16.5. The molecule has 17 heavy (non-hydrogen) atoms. The van der Waals surface area contributed by atoms with E-state index < -0.39 is 5.97 Å². The molecule has 1 amide bonds. The standard InChI is InChI=1S/C11H21NO5/c1-3-12(6-5-11(14)15)10(13)9-17-8-7-16-4-2/h3-9H2,1-2H3,(H,14,15). The molecule has 1 N–H and O–H groups in total. The van der Waals surface area contributed by atoms with Gasteiger partial charge in [-0.25, -0.2) is 0 Å². The van der Waals surface area contributed by atoms with E-state index in [0.29, 0.717) is 26.4 Å². The van der Waals surface area contributed by atoms with Gasteiger partial charge in [-0.3, -0.25) is 9.59 Å². The first-order valence-electron chi connectivity index (χ1n) is 5.76. The van der Waals surface area contributed by atoms with E-state index in [4.69, 9.17) is 14.6 Å². The van der Waals surface area contributed by atoms with Crippen LogP contribution in [0, 0.1) is 0 Å². The third-order valence-electron chi connectivity index (χ3n) is 2.13. The van der Waals surface area contributed by atoms with Crippen molar-refractivity contribution < 1.29 is 24.2 Å². The van der Waals surface area contributed by atoms with Crippen molar-refractivity contribution in [3.05, 3.63) is 0 Å². The summed E-state index contributed by atoms with van der Waals surface area (Å²) in [6.07, 6.45) is -0.0431. The molecule has 0 bridgehead atoms. The highest BCUT2D eigenvalue weighted by Crippen LogP contribution is 1.94. The van der Waals surface area contributed by atoms with E-state index in [-0.39, 0.29) is 25.5 Å². The summed E-state index contributed by atoms with van der Waals surface area (Å²) in [5.74, 6) is -1.10. The van der Waals surface area contributed by atoms with E-state index in [9.17, 15) is 9.59 Å². The quantitative estimate of drug-likeness (QED) is 0.564. The van der Waals surface area contributed by atoms with Gasteiger partial charge in [0.2, 0.25) is 5.91 Å². The van der Waals surface area contributed by atoms with Crippen molar-refractivity contribution in [3.63, 3.8) is 0 Å². The van der Waals surface area contributed by atoms with Gasteiger partial charge >= 0.3 is 5.97 Å². The van der Waals surface area contributed by atoms with Gasteiger partial charge in [0, 0.05) is 19.7 Å². The molecule has 0 saturated carbocycles. The molecule has 0 saturated heterocycles. The molecule has 0 aromatic rings. The van der Waals surface area contributed by atoms with E-state index in [0.717, 1.165) is 0 Å². The van der Waals surface area contributed by atoms with Crippen LogP contribution in [0.25, 0.3) is 0 Å². The molecule has 0 unspecified atom stereocenters. The topological polar surface area (TPSA) is 76.1 Å². The summed E-state index contributed by atoms with van der Waals surface area (Å²) in [5, 5.41) is 8.53. The van der Waals surface area contributed by atoms with Crippen molar-refractivity contribution in [2.24, 2.45) is 0 Å². The summed E-state index contributed by atoms with van der Waals surface area (Å²) < 4.78 is 10.2. The lowest BCUT2D eigenvalue weighted by Gasteiger charge is -2.19. The van der Waals surface area contributed by atoms with E-state index in [1.165, 1.54) is 4.90 Å². The highest BCUT2D eigenvalue weighted by molar-refractivity contribution is 5.78. The van der Waals surface area contributed by atoms with Gasteiger partial charge in [-0.2, -0.15) is 0 Å². The number of carbonyl (C=O) groups excluding carboxylic acids is 1. The van der Waals surface area contributed by atoms with E-state index in [1.54, 1.807) is 6.92 Å². The monoisotopic (exact) mass is 247 g/mol. The molecule has 6 heteroatoms. The Morgan fingerprint density at radius 1 is 1.18 bits per heavy atom. The fourth-order valence-electron chi connectivity index (χ4n) is 1.20. The molecule has 0 atom stereocenters. The van der Waals surface area contributed by atoms with Gasteiger partial charge in [0.15, 0.2) is 0 Å². The average Bonchev–Trinajstić information content (AvgIpc) is 2.29. The lowest BCUT2D eigenvalue weighted by Crippen LogP contribution is -2.35. The molecule has 0 aliphatic rings. The van der Waals surface area contributed by atoms with Crippen LogP contribution in [0.2, 0.25) is 0 Å². The minimum Gasteiger partial charge on any atom is -0.481 e. The Morgan fingerprint density at radius 2 is 1.82 bits per heavy atom. The number of hydrogen-bond donors (Lipinski definition) is 1. The summed E-state index contributed by atoms with van der Waals surface area (Å²) in [7, 11) is 0. The predicted molar refractivity (Wildman–Crippen MR) is 61.8 cm³/mol. The number of aliphatic carboxylic acids is 1. The fraction of sp³-hybridized carbons (Fsp3) is 0.818. The minimum atomic E-state index is -0.909. The van der Waals surface area contributed by atoms with Crippen molar-refractivity contribution in [2.45, 2.75) is 20.3 Å². The van der Waals surface area contributed by atoms with Crippen molar-refractivity contribution in [3.8, 4) is 0 Å². The zero-order chi connectivity index (χ0) is 13.1. The number of rotatable bonds is 10. The largest absolute Gasteiger partial charge is 0.481 e. The Hall–Kier alpha value is -1.14. The number of carboxylic acids is 1. The predicted octanol–water partition coefficient (Wildman–Crippen LogP) is 0.363. The Labute approximate surface area is 101 Å². The molecule has 0 aliphatic heterocycles. The molecule has 100 valence electrons. The molecule has 0 aliphatic carbocycles. The van der Waals surface area contributed by atoms with E-state index >= 15 is 0 Å². The highest BCUT2D eigenvalue weighted by Gasteiger charge is 2.12. The van der Waals surface area contributed by atoms with Gasteiger partial charge in [0.1, 0.15) is 6.61 Å². The third-order valence-corrected chi connectivity index (χ3v) is 2.13. The number of likely N-dealkylation sites (N-methyl/N-ethyl adjacent to an activating group) is 1. The number of hydrogen-bond acceptors (Lipinski definition) is 4. The van der Waals surface area contributed by atoms with Gasteiger partial charge in [-0.05, 0) is 13.8 Å². The molecule has 0 spiro atoms. The normalized spacial score (nSPS) is 10.2. The summed E-state index contributed by atoms with van der Waals surface area (Å²) in [6.45, 7) is 5.83. The molecular formula is C11H21NO5. The molecule has 0 aromatic heterocycles. The minimum absolute atomic E-state index is 0.0272. The van der Waals surface area contributed by atoms with Gasteiger partial charge < -0.3 is 19.5 Å². The Morgan fingerprint density at radius 3 is 2.35 bits per heavy atom. The van der Waals surface area contributed by atoms with Crippen LogP contribution in [0.5, 0.6) is 0 Å². The fourth-order valence-corrected chi connectivity index (χ4v) is 1.20. The van der Waals surface area contributed by atoms with Crippen LogP contribution in [-0.2, 0) is 19.1 Å². The van der Waals surface area contributed by atoms with Crippen molar-refractivity contribution in [2.75, 3.05) is 39.5 Å². The number of carboxylic acid groups (broad SMARTS) is 1. The zero-order valence-electron chi connectivity index (χ0n) is 10.5. The molecule has 0 radical (unpaired) electrons. The Kier molecular flexibility index (Phi) is 9.37. The summed E-state index contributed by atoms with van der Waals surface area (Å²) in [4.78, 5) is 23.4. The number of nitrogens with zero attached hydrogens (tertiary/aromatic N) is 1. The molecule has 0 aromatic carbocycles. The van der Waals surface area contributed by atoms with Gasteiger partial charge in [-0.1, -0.05) is 0 Å². The SMILES string of the molecule is CCOCCOCC(=O)N(CC)CCC(=O)O. The van der Waals surface area contributed by atoms with Crippen molar-refractivity contribution in [1.29, 1.82) is 0 Å². The molecular weight excluding hydrogens is 226 g/mol. The number of amides is 1. The molecule has 0 fully saturated rings. The van der Waals surface area contributed by atoms with Gasteiger partial charge in [0.25, 0.3) is 0 Å². The summed E-state index contributed by atoms with van der Waals surface area (Å²) >= 11 is 0. The maximum atomic E-state index is 11.6. The van der Waals surface area contributed by atoms with Crippen LogP contribution in [0.4, 0.5) is 0 Å². The first kappa shape index (κ1) is 15.9. The smallest absolute Gasteiger partial charge is 0.305 e.